The van der Waals surface area contributed by atoms with E-state index < -0.39 is 0 Å². The molecule has 4 heterocycles. The van der Waals surface area contributed by atoms with Gasteiger partial charge < -0.3 is 9.88 Å². The average Bonchev–Trinajstić information content (AvgIpc) is 3.13. The van der Waals surface area contributed by atoms with Gasteiger partial charge in [-0.15, -0.1) is 0 Å². The van der Waals surface area contributed by atoms with Crippen LogP contribution in [0.25, 0.3) is 22.3 Å². The number of aryl methyl sites for hydroxylation is 1. The van der Waals surface area contributed by atoms with Crippen LogP contribution in [0.3, 0.4) is 0 Å². The second-order valence-electron chi connectivity index (χ2n) is 7.13. The zero-order valence-electron chi connectivity index (χ0n) is 14.0. The number of nitrogens with zero attached hydrogens (tertiary/aromatic N) is 3. The first-order valence-corrected chi connectivity index (χ1v) is 9.01. The molecule has 2 unspecified atom stereocenters. The fourth-order valence-corrected chi connectivity index (χ4v) is 4.53. The van der Waals surface area contributed by atoms with E-state index in [0.717, 1.165) is 28.4 Å². The Morgan fingerprint density at radius 2 is 1.75 bits per heavy atom. The fraction of sp³-hybridized carbons (Fsp3) is 0.400. The molecule has 2 bridgehead atoms. The Kier molecular flexibility index (Phi) is 3.12. The summed E-state index contributed by atoms with van der Waals surface area (Å²) in [5.74, 6) is 1.98. The first-order chi connectivity index (χ1) is 11.8. The van der Waals surface area contributed by atoms with E-state index >= 15 is 0 Å². The second-order valence-corrected chi connectivity index (χ2v) is 7.13. The van der Waals surface area contributed by atoms with Gasteiger partial charge in [0.2, 0.25) is 0 Å². The van der Waals surface area contributed by atoms with Crippen molar-refractivity contribution < 1.29 is 0 Å². The summed E-state index contributed by atoms with van der Waals surface area (Å²) in [5, 5.41) is 0. The highest BCUT2D eigenvalue weighted by atomic mass is 15.3. The molecule has 2 aliphatic rings. The minimum Gasteiger partial charge on any atom is -0.350 e. The van der Waals surface area contributed by atoms with Gasteiger partial charge in [-0.2, -0.15) is 0 Å². The number of benzene rings is 1. The summed E-state index contributed by atoms with van der Waals surface area (Å²) in [7, 11) is 0. The van der Waals surface area contributed by atoms with Crippen molar-refractivity contribution in [3.05, 3.63) is 42.2 Å². The standard InChI is InChI=1S/C20H22N4/c1-13-21-18-12-17(14-6-3-2-4-7-14)23-19(18)20(22-13)24-15-8-5-9-16(24)11-10-15/h2-4,6-7,12,15-16,23H,5,8-11H2,1H3. The van der Waals surface area contributed by atoms with Crippen molar-refractivity contribution in [3.63, 3.8) is 0 Å². The van der Waals surface area contributed by atoms with E-state index in [4.69, 9.17) is 4.98 Å². The number of aromatic amines is 1. The maximum absolute atomic E-state index is 4.86. The molecule has 24 heavy (non-hydrogen) atoms. The van der Waals surface area contributed by atoms with Gasteiger partial charge in [-0.3, -0.25) is 0 Å². The molecule has 4 nitrogen and oxygen atoms in total. The van der Waals surface area contributed by atoms with Gasteiger partial charge in [-0.1, -0.05) is 30.3 Å². The van der Waals surface area contributed by atoms with Crippen LogP contribution < -0.4 is 4.90 Å². The second kappa shape index (κ2) is 5.33. The molecular formula is C20H22N4. The van der Waals surface area contributed by atoms with Gasteiger partial charge in [0.1, 0.15) is 11.3 Å². The summed E-state index contributed by atoms with van der Waals surface area (Å²) in [6.07, 6.45) is 6.57. The molecule has 3 aromatic rings. The van der Waals surface area contributed by atoms with E-state index in [1.165, 1.54) is 37.7 Å². The maximum atomic E-state index is 4.86. The molecule has 122 valence electrons. The van der Waals surface area contributed by atoms with Crippen molar-refractivity contribution in [3.8, 4) is 11.3 Å². The molecule has 0 saturated carbocycles. The van der Waals surface area contributed by atoms with Crippen molar-refractivity contribution in [1.29, 1.82) is 0 Å². The number of aromatic nitrogens is 3. The van der Waals surface area contributed by atoms with Crippen LogP contribution in [0.5, 0.6) is 0 Å². The van der Waals surface area contributed by atoms with Gasteiger partial charge in [0.05, 0.1) is 5.52 Å². The molecule has 2 atom stereocenters. The molecule has 2 aliphatic heterocycles. The number of piperidine rings is 1. The normalized spacial score (nSPS) is 23.1. The molecule has 2 fully saturated rings. The van der Waals surface area contributed by atoms with Crippen LogP contribution in [0.1, 0.15) is 37.9 Å². The Balaban J connectivity index is 1.67. The molecule has 4 heteroatoms. The van der Waals surface area contributed by atoms with Crippen molar-refractivity contribution in [2.45, 2.75) is 51.1 Å². The van der Waals surface area contributed by atoms with Gasteiger partial charge in [-0.05, 0) is 50.7 Å². The Morgan fingerprint density at radius 3 is 2.50 bits per heavy atom. The van der Waals surface area contributed by atoms with E-state index in [9.17, 15) is 0 Å². The van der Waals surface area contributed by atoms with Crippen LogP contribution in [-0.2, 0) is 0 Å². The number of hydrogen-bond donors (Lipinski definition) is 1. The summed E-state index contributed by atoms with van der Waals surface area (Å²) in [6.45, 7) is 2.00. The molecule has 1 N–H and O–H groups in total. The molecule has 0 radical (unpaired) electrons. The van der Waals surface area contributed by atoms with Crippen LogP contribution >= 0.6 is 0 Å². The first-order valence-electron chi connectivity index (χ1n) is 9.01. The lowest BCUT2D eigenvalue weighted by atomic mass is 10.0. The smallest absolute Gasteiger partial charge is 0.157 e. The monoisotopic (exact) mass is 318 g/mol. The summed E-state index contributed by atoms with van der Waals surface area (Å²) in [6, 6.07) is 13.9. The van der Waals surface area contributed by atoms with Gasteiger partial charge in [0.25, 0.3) is 0 Å². The van der Waals surface area contributed by atoms with Gasteiger partial charge in [0, 0.05) is 17.8 Å². The van der Waals surface area contributed by atoms with Crippen LogP contribution in [0.4, 0.5) is 5.82 Å². The van der Waals surface area contributed by atoms with Crippen LogP contribution in [0.2, 0.25) is 0 Å². The SMILES string of the molecule is Cc1nc(N2C3CCCC2CC3)c2[nH]c(-c3ccccc3)cc2n1. The minimum absolute atomic E-state index is 0.657. The molecule has 5 rings (SSSR count). The topological polar surface area (TPSA) is 44.8 Å². The predicted molar refractivity (Wildman–Crippen MR) is 97.2 cm³/mol. The summed E-state index contributed by atoms with van der Waals surface area (Å²) in [4.78, 5) is 15.7. The fourth-order valence-electron chi connectivity index (χ4n) is 4.53. The van der Waals surface area contributed by atoms with Crippen LogP contribution in [-0.4, -0.2) is 27.0 Å². The minimum atomic E-state index is 0.657. The first kappa shape index (κ1) is 14.0. The summed E-state index contributed by atoms with van der Waals surface area (Å²) in [5.41, 5.74) is 4.44. The molecule has 0 spiro atoms. The Hall–Kier alpha value is -2.36. The predicted octanol–water partition coefficient (Wildman–Crippen LogP) is 4.45. The lowest BCUT2D eigenvalue weighted by Gasteiger charge is -2.36. The molecule has 0 aliphatic carbocycles. The molecule has 2 aromatic heterocycles. The Labute approximate surface area is 141 Å². The van der Waals surface area contributed by atoms with Gasteiger partial charge in [-0.25, -0.2) is 9.97 Å². The molecular weight excluding hydrogens is 296 g/mol. The number of H-pyrrole nitrogens is 1. The highest BCUT2D eigenvalue weighted by Crippen LogP contribution is 2.41. The molecule has 1 aromatic carbocycles. The third-order valence-electron chi connectivity index (χ3n) is 5.59. The third kappa shape index (κ3) is 2.13. The van der Waals surface area contributed by atoms with Crippen molar-refractivity contribution in [2.24, 2.45) is 0 Å². The quantitative estimate of drug-likeness (QED) is 0.759. The Bertz CT molecular complexity index is 867. The highest BCUT2D eigenvalue weighted by Gasteiger charge is 2.38. The van der Waals surface area contributed by atoms with Gasteiger partial charge >= 0.3 is 0 Å². The number of fused-ring (bicyclic) bond motifs is 3. The van der Waals surface area contributed by atoms with Crippen LogP contribution in [0, 0.1) is 6.92 Å². The lowest BCUT2D eigenvalue weighted by Crippen LogP contribution is -2.40. The van der Waals surface area contributed by atoms with E-state index in [0.29, 0.717) is 12.1 Å². The van der Waals surface area contributed by atoms with Crippen molar-refractivity contribution in [2.75, 3.05) is 4.90 Å². The number of rotatable bonds is 2. The van der Waals surface area contributed by atoms with Gasteiger partial charge in [0.15, 0.2) is 5.82 Å². The van der Waals surface area contributed by atoms with Crippen molar-refractivity contribution in [1.82, 2.24) is 15.0 Å². The van der Waals surface area contributed by atoms with E-state index in [-0.39, 0.29) is 0 Å². The highest BCUT2D eigenvalue weighted by molar-refractivity contribution is 5.91. The number of hydrogen-bond acceptors (Lipinski definition) is 3. The summed E-state index contributed by atoms with van der Waals surface area (Å²) < 4.78 is 0. The maximum Gasteiger partial charge on any atom is 0.157 e. The Morgan fingerprint density at radius 1 is 1.00 bits per heavy atom. The summed E-state index contributed by atoms with van der Waals surface area (Å²) >= 11 is 0. The number of anilines is 1. The largest absolute Gasteiger partial charge is 0.350 e. The number of nitrogens with one attached hydrogen (secondary N) is 1. The van der Waals surface area contributed by atoms with E-state index in [1.54, 1.807) is 0 Å². The lowest BCUT2D eigenvalue weighted by molar-refractivity contribution is 0.465. The molecule has 0 amide bonds. The third-order valence-corrected chi connectivity index (χ3v) is 5.59. The van der Waals surface area contributed by atoms with E-state index in [1.807, 2.05) is 13.0 Å². The average molecular weight is 318 g/mol. The molecule has 2 saturated heterocycles. The van der Waals surface area contributed by atoms with E-state index in [2.05, 4.69) is 45.2 Å². The zero-order valence-corrected chi connectivity index (χ0v) is 14.0. The zero-order chi connectivity index (χ0) is 16.1. The van der Waals surface area contributed by atoms with Crippen LogP contribution in [0.15, 0.2) is 36.4 Å². The van der Waals surface area contributed by atoms with Crippen molar-refractivity contribution >= 4 is 16.9 Å².